The molecule has 0 saturated carbocycles. The molecule has 0 heterocycles. The highest BCUT2D eigenvalue weighted by molar-refractivity contribution is 7.57. The van der Waals surface area contributed by atoms with Gasteiger partial charge in [-0.3, -0.25) is 32.8 Å². The topological polar surface area (TPSA) is 118 Å². The van der Waals surface area contributed by atoms with Crippen LogP contribution in [0.2, 0.25) is 0 Å². The van der Waals surface area contributed by atoms with Crippen LogP contribution in [-0.2, 0) is 48.9 Å². The van der Waals surface area contributed by atoms with Crippen LogP contribution in [0.4, 0.5) is 0 Å². The number of amides is 1. The number of nitrogens with zero attached hydrogens (tertiary/aromatic N) is 1. The van der Waals surface area contributed by atoms with E-state index in [0.29, 0.717) is 0 Å². The van der Waals surface area contributed by atoms with Crippen molar-refractivity contribution in [2.75, 3.05) is 20.1 Å². The molecule has 2 aromatic rings. The number of hydrogen-bond acceptors (Lipinski definition) is 9. The highest BCUT2D eigenvalue weighted by Crippen LogP contribution is 2.50. The number of carbonyl (C=O) groups excluding carboxylic acids is 3. The van der Waals surface area contributed by atoms with Gasteiger partial charge in [-0.25, -0.2) is 5.06 Å². The lowest BCUT2D eigenvalue weighted by atomic mass is 9.98. The van der Waals surface area contributed by atoms with Crippen molar-refractivity contribution in [2.45, 2.75) is 55.1 Å². The fourth-order valence-electron chi connectivity index (χ4n) is 2.89. The SMILES string of the molecule is CC(=O)N(C/C=C/P(=O)(OCOC(=O)C(C)(C)C)OCOC(=O)C(C)(C)C)OCc1ccc2ccccc2c1. The molecular weight excluding hydrogens is 525 g/mol. The Labute approximate surface area is 229 Å². The zero-order chi connectivity index (χ0) is 29.3. The molecule has 214 valence electrons. The summed E-state index contributed by atoms with van der Waals surface area (Å²) in [5.74, 6) is -0.419. The summed E-state index contributed by atoms with van der Waals surface area (Å²) in [5, 5.41) is 3.22. The molecular formula is C28H38NO9P. The Morgan fingerprint density at radius 2 is 1.38 bits per heavy atom. The van der Waals surface area contributed by atoms with Gasteiger partial charge in [-0.2, -0.15) is 0 Å². The number of esters is 2. The minimum absolute atomic E-state index is 0.0802. The Morgan fingerprint density at radius 3 is 1.90 bits per heavy atom. The molecule has 0 aliphatic carbocycles. The average molecular weight is 564 g/mol. The Balaban J connectivity index is 2.05. The molecule has 0 fully saturated rings. The summed E-state index contributed by atoms with van der Waals surface area (Å²) >= 11 is 0. The lowest BCUT2D eigenvalue weighted by Crippen LogP contribution is -2.29. The minimum atomic E-state index is -4.06. The lowest BCUT2D eigenvalue weighted by Gasteiger charge is -2.21. The van der Waals surface area contributed by atoms with E-state index in [-0.39, 0.29) is 19.1 Å². The Kier molecular flexibility index (Phi) is 11.4. The second-order valence-electron chi connectivity index (χ2n) is 10.8. The first-order chi connectivity index (χ1) is 18.1. The first kappa shape index (κ1) is 32.2. The Morgan fingerprint density at radius 1 is 0.846 bits per heavy atom. The quantitative estimate of drug-likeness (QED) is 0.134. The third-order valence-electron chi connectivity index (χ3n) is 5.18. The number of benzene rings is 2. The maximum Gasteiger partial charge on any atom is 0.359 e. The summed E-state index contributed by atoms with van der Waals surface area (Å²) in [4.78, 5) is 41.9. The van der Waals surface area contributed by atoms with Gasteiger partial charge in [0.25, 0.3) is 0 Å². The maximum atomic E-state index is 13.3. The molecule has 0 atom stereocenters. The van der Waals surface area contributed by atoms with Crippen molar-refractivity contribution in [2.24, 2.45) is 10.8 Å². The van der Waals surface area contributed by atoms with Gasteiger partial charge in [0.2, 0.25) is 19.5 Å². The highest BCUT2D eigenvalue weighted by Gasteiger charge is 2.28. The van der Waals surface area contributed by atoms with Crippen molar-refractivity contribution in [3.05, 3.63) is 59.9 Å². The van der Waals surface area contributed by atoms with Crippen LogP contribution >= 0.6 is 7.60 Å². The largest absolute Gasteiger partial charge is 0.438 e. The molecule has 0 aliphatic heterocycles. The number of carbonyl (C=O) groups is 3. The first-order valence-corrected chi connectivity index (χ1v) is 14.0. The molecule has 0 N–H and O–H groups in total. The molecule has 0 spiro atoms. The number of fused-ring (bicyclic) bond motifs is 1. The second-order valence-corrected chi connectivity index (χ2v) is 12.7. The molecule has 39 heavy (non-hydrogen) atoms. The Bertz CT molecular complexity index is 1190. The summed E-state index contributed by atoms with van der Waals surface area (Å²) in [6.45, 7) is 10.0. The van der Waals surface area contributed by atoms with Crippen LogP contribution in [0, 0.1) is 10.8 Å². The second kappa shape index (κ2) is 13.8. The third kappa shape index (κ3) is 10.9. The molecule has 0 radical (unpaired) electrons. The van der Waals surface area contributed by atoms with Crippen LogP contribution in [0.25, 0.3) is 10.8 Å². The molecule has 0 unspecified atom stereocenters. The molecule has 2 aromatic carbocycles. The standard InChI is InChI=1S/C28H38NO9P/c1-21(30)29(36-18-22-13-14-23-11-8-9-12-24(23)17-22)15-10-16-39(33,37-19-34-25(31)27(2,3)4)38-20-35-26(32)28(5,6)7/h8-14,16-17H,15,18-20H2,1-7H3/b16-10+. The minimum Gasteiger partial charge on any atom is -0.438 e. The summed E-state index contributed by atoms with van der Waals surface area (Å²) in [6, 6.07) is 13.7. The van der Waals surface area contributed by atoms with E-state index in [9.17, 15) is 18.9 Å². The zero-order valence-corrected chi connectivity index (χ0v) is 24.5. The predicted octanol–water partition coefficient (Wildman–Crippen LogP) is 5.95. The van der Waals surface area contributed by atoms with E-state index < -0.39 is 44.0 Å². The van der Waals surface area contributed by atoms with Crippen LogP contribution in [-0.4, -0.2) is 43.0 Å². The number of hydrogen-bond donors (Lipinski definition) is 0. The predicted molar refractivity (Wildman–Crippen MR) is 146 cm³/mol. The van der Waals surface area contributed by atoms with Gasteiger partial charge in [-0.1, -0.05) is 42.5 Å². The molecule has 0 aromatic heterocycles. The number of rotatable bonds is 12. The van der Waals surface area contributed by atoms with Crippen LogP contribution in [0.1, 0.15) is 54.0 Å². The molecule has 0 bridgehead atoms. The molecule has 1 amide bonds. The van der Waals surface area contributed by atoms with Crippen LogP contribution < -0.4 is 0 Å². The third-order valence-corrected chi connectivity index (χ3v) is 6.69. The van der Waals surface area contributed by atoms with Crippen molar-refractivity contribution < 1.29 is 42.3 Å². The van der Waals surface area contributed by atoms with Crippen LogP contribution in [0.15, 0.2) is 54.4 Å². The van der Waals surface area contributed by atoms with Crippen molar-refractivity contribution in [3.63, 3.8) is 0 Å². The van der Waals surface area contributed by atoms with Crippen LogP contribution in [0.3, 0.4) is 0 Å². The molecule has 0 aliphatic rings. The van der Waals surface area contributed by atoms with E-state index in [0.717, 1.165) is 27.2 Å². The van der Waals surface area contributed by atoms with E-state index in [1.807, 2.05) is 42.5 Å². The van der Waals surface area contributed by atoms with Gasteiger partial charge in [0.1, 0.15) is 6.61 Å². The van der Waals surface area contributed by atoms with E-state index in [4.69, 9.17) is 23.4 Å². The highest BCUT2D eigenvalue weighted by atomic mass is 31.2. The first-order valence-electron chi connectivity index (χ1n) is 12.4. The van der Waals surface area contributed by atoms with E-state index >= 15 is 0 Å². The van der Waals surface area contributed by atoms with Gasteiger partial charge in [-0.15, -0.1) is 0 Å². The monoisotopic (exact) mass is 563 g/mol. The smallest absolute Gasteiger partial charge is 0.359 e. The molecule has 11 heteroatoms. The van der Waals surface area contributed by atoms with Crippen molar-refractivity contribution in [1.29, 1.82) is 0 Å². The van der Waals surface area contributed by atoms with Crippen molar-refractivity contribution in [1.82, 2.24) is 5.06 Å². The summed E-state index contributed by atoms with van der Waals surface area (Å²) < 4.78 is 33.8. The number of ether oxygens (including phenoxy) is 2. The average Bonchev–Trinajstić information content (AvgIpc) is 2.84. The Hall–Kier alpha value is -3.04. The van der Waals surface area contributed by atoms with E-state index in [1.165, 1.54) is 13.0 Å². The molecule has 10 nitrogen and oxygen atoms in total. The van der Waals surface area contributed by atoms with Gasteiger partial charge < -0.3 is 9.47 Å². The molecule has 2 rings (SSSR count). The van der Waals surface area contributed by atoms with Crippen molar-refractivity contribution >= 4 is 36.2 Å². The van der Waals surface area contributed by atoms with Gasteiger partial charge in [0.05, 0.1) is 17.4 Å². The normalized spacial score (nSPS) is 12.5. The number of hydroxylamine groups is 2. The fraction of sp³-hybridized carbons (Fsp3) is 0.464. The molecule has 0 saturated heterocycles. The van der Waals surface area contributed by atoms with Gasteiger partial charge in [0.15, 0.2) is 0 Å². The van der Waals surface area contributed by atoms with Gasteiger partial charge >= 0.3 is 19.5 Å². The van der Waals surface area contributed by atoms with Crippen LogP contribution in [0.5, 0.6) is 0 Å². The van der Waals surface area contributed by atoms with Gasteiger partial charge in [-0.05, 0) is 63.9 Å². The zero-order valence-electron chi connectivity index (χ0n) is 23.6. The van der Waals surface area contributed by atoms with Gasteiger partial charge in [0, 0.05) is 12.7 Å². The summed E-state index contributed by atoms with van der Waals surface area (Å²) in [5.41, 5.74) is -0.726. The fourth-order valence-corrected chi connectivity index (χ4v) is 3.89. The van der Waals surface area contributed by atoms with E-state index in [2.05, 4.69) is 0 Å². The van der Waals surface area contributed by atoms with Crippen molar-refractivity contribution in [3.8, 4) is 0 Å². The van der Waals surface area contributed by atoms with E-state index in [1.54, 1.807) is 41.5 Å². The summed E-state index contributed by atoms with van der Waals surface area (Å²) in [6.07, 6.45) is 1.36. The summed E-state index contributed by atoms with van der Waals surface area (Å²) in [7, 11) is -4.06. The maximum absolute atomic E-state index is 13.3. The lowest BCUT2D eigenvalue weighted by molar-refractivity contribution is -0.185.